The van der Waals surface area contributed by atoms with Gasteiger partial charge in [-0.05, 0) is 36.4 Å². The molecule has 8 nitrogen and oxygen atoms in total. The molecular weight excluding hydrogens is 346 g/mol. The van der Waals surface area contributed by atoms with E-state index >= 15 is 0 Å². The van der Waals surface area contributed by atoms with Crippen LogP contribution in [0.15, 0.2) is 51.8 Å². The van der Waals surface area contributed by atoms with Gasteiger partial charge in [0.25, 0.3) is 5.89 Å². The van der Waals surface area contributed by atoms with Gasteiger partial charge in [-0.3, -0.25) is 0 Å². The maximum atomic E-state index is 11.5. The number of primary sulfonamides is 1. The highest BCUT2D eigenvalue weighted by Crippen LogP contribution is 2.34. The number of ether oxygens (including phenoxy) is 2. The highest BCUT2D eigenvalue weighted by atomic mass is 32.2. The Kier molecular flexibility index (Phi) is 4.43. The van der Waals surface area contributed by atoms with Crippen LogP contribution in [-0.2, 0) is 10.0 Å². The molecule has 2 N–H and O–H groups in total. The fourth-order valence-electron chi connectivity index (χ4n) is 2.24. The largest absolute Gasteiger partial charge is 0.497 e. The highest BCUT2D eigenvalue weighted by Gasteiger charge is 2.17. The van der Waals surface area contributed by atoms with Crippen LogP contribution in [0.5, 0.6) is 11.5 Å². The van der Waals surface area contributed by atoms with Gasteiger partial charge in [0, 0.05) is 5.56 Å². The van der Waals surface area contributed by atoms with Gasteiger partial charge in [-0.25, -0.2) is 13.6 Å². The summed E-state index contributed by atoms with van der Waals surface area (Å²) in [6.45, 7) is 0. The lowest BCUT2D eigenvalue weighted by Gasteiger charge is -2.07. The average Bonchev–Trinajstić information content (AvgIpc) is 3.10. The molecule has 0 spiro atoms. The van der Waals surface area contributed by atoms with Crippen LogP contribution in [0.25, 0.3) is 22.9 Å². The molecule has 0 amide bonds. The van der Waals surface area contributed by atoms with E-state index in [0.29, 0.717) is 22.6 Å². The molecule has 0 saturated carbocycles. The van der Waals surface area contributed by atoms with Crippen molar-refractivity contribution in [2.45, 2.75) is 4.90 Å². The number of aromatic nitrogens is 2. The van der Waals surface area contributed by atoms with Crippen molar-refractivity contribution in [1.82, 2.24) is 10.2 Å². The first-order valence-electron chi connectivity index (χ1n) is 7.11. The number of rotatable bonds is 5. The summed E-state index contributed by atoms with van der Waals surface area (Å²) in [5, 5.41) is 13.1. The molecule has 0 bridgehead atoms. The maximum Gasteiger partial charge on any atom is 0.252 e. The fourth-order valence-corrected chi connectivity index (χ4v) is 2.80. The van der Waals surface area contributed by atoms with Crippen LogP contribution in [0.2, 0.25) is 0 Å². The number of sulfonamides is 1. The van der Waals surface area contributed by atoms with E-state index in [9.17, 15) is 8.42 Å². The molecule has 0 atom stereocenters. The van der Waals surface area contributed by atoms with Gasteiger partial charge < -0.3 is 13.9 Å². The predicted octanol–water partition coefficient (Wildman–Crippen LogP) is 2.07. The average molecular weight is 361 g/mol. The summed E-state index contributed by atoms with van der Waals surface area (Å²) in [6, 6.07) is 11.1. The van der Waals surface area contributed by atoms with Crippen molar-refractivity contribution >= 4 is 10.0 Å². The Morgan fingerprint density at radius 3 is 2.44 bits per heavy atom. The minimum atomic E-state index is -3.82. The van der Waals surface area contributed by atoms with Gasteiger partial charge in [0.15, 0.2) is 0 Å². The molecule has 0 aliphatic carbocycles. The Balaban J connectivity index is 2.04. The second-order valence-corrected chi connectivity index (χ2v) is 6.61. The smallest absolute Gasteiger partial charge is 0.252 e. The maximum absolute atomic E-state index is 11.5. The summed E-state index contributed by atoms with van der Waals surface area (Å²) in [6.07, 6.45) is 0. The number of benzene rings is 2. The van der Waals surface area contributed by atoms with E-state index in [1.807, 2.05) is 0 Å². The first-order valence-corrected chi connectivity index (χ1v) is 8.66. The number of nitrogens with zero attached hydrogens (tertiary/aromatic N) is 2. The summed E-state index contributed by atoms with van der Waals surface area (Å²) in [5.74, 6) is 1.51. The quantitative estimate of drug-likeness (QED) is 0.739. The second-order valence-electron chi connectivity index (χ2n) is 5.05. The number of hydrogen-bond acceptors (Lipinski definition) is 7. The zero-order valence-corrected chi connectivity index (χ0v) is 14.3. The van der Waals surface area contributed by atoms with Crippen molar-refractivity contribution < 1.29 is 22.3 Å². The van der Waals surface area contributed by atoms with Gasteiger partial charge >= 0.3 is 0 Å². The molecule has 0 aliphatic heterocycles. The molecule has 1 heterocycles. The normalized spacial score (nSPS) is 11.3. The minimum absolute atomic E-state index is 0.0382. The molecular formula is C16H15N3O5S. The SMILES string of the molecule is COc1ccc(OC)c(-c2nnc(-c3cccc(S(N)(=O)=O)c3)o2)c1. The van der Waals surface area contributed by atoms with E-state index in [0.717, 1.165) is 0 Å². The van der Waals surface area contributed by atoms with Crippen LogP contribution in [0.3, 0.4) is 0 Å². The summed E-state index contributed by atoms with van der Waals surface area (Å²) in [4.78, 5) is -0.0382. The molecule has 9 heteroatoms. The number of methoxy groups -OCH3 is 2. The van der Waals surface area contributed by atoms with Gasteiger partial charge in [0.2, 0.25) is 15.9 Å². The van der Waals surface area contributed by atoms with Crippen LogP contribution >= 0.6 is 0 Å². The van der Waals surface area contributed by atoms with E-state index < -0.39 is 10.0 Å². The van der Waals surface area contributed by atoms with Crippen LogP contribution < -0.4 is 14.6 Å². The number of hydrogen-bond donors (Lipinski definition) is 1. The molecule has 3 rings (SSSR count). The lowest BCUT2D eigenvalue weighted by molar-refractivity contribution is 0.403. The van der Waals surface area contributed by atoms with Crippen LogP contribution in [0.4, 0.5) is 0 Å². The van der Waals surface area contributed by atoms with Gasteiger partial charge in [-0.2, -0.15) is 0 Å². The van der Waals surface area contributed by atoms with Crippen LogP contribution in [-0.4, -0.2) is 32.8 Å². The number of nitrogens with two attached hydrogens (primary N) is 1. The monoisotopic (exact) mass is 361 g/mol. The third-order valence-corrected chi connectivity index (χ3v) is 4.38. The molecule has 0 aliphatic rings. The Morgan fingerprint density at radius 1 is 1.00 bits per heavy atom. The van der Waals surface area contributed by atoms with E-state index in [1.54, 1.807) is 37.4 Å². The summed E-state index contributed by atoms with van der Waals surface area (Å²) in [7, 11) is -0.754. The standard InChI is InChI=1S/C16H15N3O5S/c1-22-11-6-7-14(23-2)13(9-11)16-19-18-15(24-16)10-4-3-5-12(8-10)25(17,20)21/h3-9H,1-2H3,(H2,17,20,21). The van der Waals surface area contributed by atoms with E-state index in [1.165, 1.54) is 19.2 Å². The zero-order valence-electron chi connectivity index (χ0n) is 13.5. The van der Waals surface area contributed by atoms with Crippen molar-refractivity contribution in [2.75, 3.05) is 14.2 Å². The van der Waals surface area contributed by atoms with Gasteiger partial charge in [-0.15, -0.1) is 10.2 Å². The van der Waals surface area contributed by atoms with Crippen molar-refractivity contribution in [2.24, 2.45) is 5.14 Å². The summed E-state index contributed by atoms with van der Waals surface area (Å²) < 4.78 is 39.1. The lowest BCUT2D eigenvalue weighted by Crippen LogP contribution is -2.11. The van der Waals surface area contributed by atoms with Crippen molar-refractivity contribution in [1.29, 1.82) is 0 Å². The molecule has 0 radical (unpaired) electrons. The second kappa shape index (κ2) is 6.54. The van der Waals surface area contributed by atoms with Gasteiger partial charge in [-0.1, -0.05) is 6.07 Å². The van der Waals surface area contributed by atoms with E-state index in [-0.39, 0.29) is 16.7 Å². The fraction of sp³-hybridized carbons (Fsp3) is 0.125. The Hall–Kier alpha value is -2.91. The lowest BCUT2D eigenvalue weighted by atomic mass is 10.2. The highest BCUT2D eigenvalue weighted by molar-refractivity contribution is 7.89. The predicted molar refractivity (Wildman–Crippen MR) is 89.6 cm³/mol. The Labute approximate surface area is 144 Å². The van der Waals surface area contributed by atoms with E-state index in [2.05, 4.69) is 10.2 Å². The third-order valence-electron chi connectivity index (χ3n) is 3.47. The molecule has 0 unspecified atom stereocenters. The molecule has 2 aromatic carbocycles. The van der Waals surface area contributed by atoms with Crippen molar-refractivity contribution in [3.8, 4) is 34.4 Å². The molecule has 0 fully saturated rings. The molecule has 0 saturated heterocycles. The topological polar surface area (TPSA) is 118 Å². The van der Waals surface area contributed by atoms with Crippen LogP contribution in [0, 0.1) is 0 Å². The zero-order chi connectivity index (χ0) is 18.0. The molecule has 3 aromatic rings. The minimum Gasteiger partial charge on any atom is -0.497 e. The summed E-state index contributed by atoms with van der Waals surface area (Å²) in [5.41, 5.74) is 0.996. The summed E-state index contributed by atoms with van der Waals surface area (Å²) >= 11 is 0. The van der Waals surface area contributed by atoms with E-state index in [4.69, 9.17) is 19.0 Å². The van der Waals surface area contributed by atoms with Gasteiger partial charge in [0.05, 0.1) is 24.7 Å². The first kappa shape index (κ1) is 16.9. The van der Waals surface area contributed by atoms with Crippen molar-refractivity contribution in [3.05, 3.63) is 42.5 Å². The Morgan fingerprint density at radius 2 is 1.76 bits per heavy atom. The Bertz CT molecular complexity index is 1010. The first-order chi connectivity index (χ1) is 11.9. The molecule has 130 valence electrons. The third kappa shape index (κ3) is 3.47. The molecule has 25 heavy (non-hydrogen) atoms. The van der Waals surface area contributed by atoms with Crippen molar-refractivity contribution in [3.63, 3.8) is 0 Å². The molecule has 1 aromatic heterocycles. The van der Waals surface area contributed by atoms with Gasteiger partial charge in [0.1, 0.15) is 11.5 Å². The van der Waals surface area contributed by atoms with Crippen LogP contribution in [0.1, 0.15) is 0 Å².